The molecule has 0 aliphatic carbocycles. The van der Waals surface area contributed by atoms with E-state index in [1.807, 2.05) is 12.1 Å². The average Bonchev–Trinajstić information content (AvgIpc) is 2.19. The second-order valence-electron chi connectivity index (χ2n) is 5.88. The average molecular weight is 237 g/mol. The van der Waals surface area contributed by atoms with E-state index in [2.05, 4.69) is 33.0 Å². The van der Waals surface area contributed by atoms with Crippen molar-refractivity contribution in [3.8, 4) is 0 Å². The van der Waals surface area contributed by atoms with Gasteiger partial charge < -0.3 is 5.32 Å². The largest absolute Gasteiger partial charge is 0.310 e. The minimum atomic E-state index is -0.112. The molecule has 0 spiro atoms. The highest BCUT2D eigenvalue weighted by atomic mass is 19.1. The van der Waals surface area contributed by atoms with Crippen LogP contribution in [0.25, 0.3) is 0 Å². The van der Waals surface area contributed by atoms with Crippen LogP contribution in [-0.4, -0.2) is 6.54 Å². The topological polar surface area (TPSA) is 12.0 Å². The summed E-state index contributed by atoms with van der Waals surface area (Å²) >= 11 is 0. The molecule has 0 aromatic heterocycles. The zero-order valence-electron chi connectivity index (χ0n) is 11.6. The number of halogens is 1. The Balaban J connectivity index is 2.93. The third-order valence-corrected chi connectivity index (χ3v) is 2.87. The maximum Gasteiger partial charge on any atom is 0.126 e. The van der Waals surface area contributed by atoms with Gasteiger partial charge in [0.25, 0.3) is 0 Å². The first-order valence-electron chi connectivity index (χ1n) is 6.33. The van der Waals surface area contributed by atoms with Crippen LogP contribution in [0.1, 0.15) is 51.3 Å². The van der Waals surface area contributed by atoms with E-state index in [-0.39, 0.29) is 17.3 Å². The molecule has 1 rings (SSSR count). The van der Waals surface area contributed by atoms with Gasteiger partial charge in [-0.05, 0) is 42.5 Å². The maximum atomic E-state index is 13.6. The monoisotopic (exact) mass is 237 g/mol. The van der Waals surface area contributed by atoms with E-state index in [1.54, 1.807) is 13.0 Å². The summed E-state index contributed by atoms with van der Waals surface area (Å²) in [5.41, 5.74) is 1.98. The summed E-state index contributed by atoms with van der Waals surface area (Å²) in [6.07, 6.45) is 1.00. The van der Waals surface area contributed by atoms with Crippen LogP contribution in [0.15, 0.2) is 18.2 Å². The summed E-state index contributed by atoms with van der Waals surface area (Å²) in [7, 11) is 0. The van der Waals surface area contributed by atoms with Gasteiger partial charge in [0.05, 0.1) is 0 Å². The van der Waals surface area contributed by atoms with Gasteiger partial charge in [-0.15, -0.1) is 0 Å². The molecule has 0 saturated carbocycles. The predicted molar refractivity (Wildman–Crippen MR) is 71.6 cm³/mol. The summed E-state index contributed by atoms with van der Waals surface area (Å²) in [6, 6.07) is 5.78. The van der Waals surface area contributed by atoms with Gasteiger partial charge in [-0.25, -0.2) is 4.39 Å². The number of benzene rings is 1. The highest BCUT2D eigenvalue weighted by Gasteiger charge is 2.20. The van der Waals surface area contributed by atoms with Gasteiger partial charge in [0, 0.05) is 6.04 Å². The highest BCUT2D eigenvalue weighted by Crippen LogP contribution is 2.29. The van der Waals surface area contributed by atoms with Crippen molar-refractivity contribution in [3.05, 3.63) is 35.1 Å². The summed E-state index contributed by atoms with van der Waals surface area (Å²) in [4.78, 5) is 0. The molecule has 0 fully saturated rings. The molecule has 1 aromatic carbocycles. The summed E-state index contributed by atoms with van der Waals surface area (Å²) in [5.74, 6) is -0.112. The first kappa shape index (κ1) is 14.2. The molecule has 1 unspecified atom stereocenters. The maximum absolute atomic E-state index is 13.6. The molecule has 0 bridgehead atoms. The van der Waals surface area contributed by atoms with E-state index in [0.29, 0.717) is 5.56 Å². The Morgan fingerprint density at radius 2 is 1.94 bits per heavy atom. The quantitative estimate of drug-likeness (QED) is 0.826. The Hall–Kier alpha value is -0.890. The Labute approximate surface area is 104 Å². The van der Waals surface area contributed by atoms with Crippen LogP contribution < -0.4 is 5.32 Å². The normalized spacial score (nSPS) is 13.8. The molecule has 1 atom stereocenters. The molecule has 1 N–H and O–H groups in total. The number of hydrogen-bond acceptors (Lipinski definition) is 1. The van der Waals surface area contributed by atoms with Crippen molar-refractivity contribution in [1.29, 1.82) is 0 Å². The molecule has 2 heteroatoms. The van der Waals surface area contributed by atoms with Crippen LogP contribution in [0.3, 0.4) is 0 Å². The Morgan fingerprint density at radius 3 is 2.41 bits per heavy atom. The SMILES string of the molecule is CCNC(CC(C)(C)C)c1ccc(C)c(F)c1. The fourth-order valence-electron chi connectivity index (χ4n) is 1.99. The second kappa shape index (κ2) is 5.63. The van der Waals surface area contributed by atoms with E-state index in [4.69, 9.17) is 0 Å². The van der Waals surface area contributed by atoms with Gasteiger partial charge in [0.2, 0.25) is 0 Å². The van der Waals surface area contributed by atoms with Crippen LogP contribution in [0.4, 0.5) is 4.39 Å². The van der Waals surface area contributed by atoms with Crippen LogP contribution in [0, 0.1) is 18.2 Å². The third-order valence-electron chi connectivity index (χ3n) is 2.87. The fourth-order valence-corrected chi connectivity index (χ4v) is 1.99. The second-order valence-corrected chi connectivity index (χ2v) is 5.88. The Bertz CT molecular complexity index is 366. The highest BCUT2D eigenvalue weighted by molar-refractivity contribution is 5.26. The first-order chi connectivity index (χ1) is 7.83. The van der Waals surface area contributed by atoms with Crippen molar-refractivity contribution >= 4 is 0 Å². The van der Waals surface area contributed by atoms with Crippen LogP contribution >= 0.6 is 0 Å². The molecule has 1 aromatic rings. The van der Waals surface area contributed by atoms with Gasteiger partial charge in [-0.3, -0.25) is 0 Å². The molecule has 0 amide bonds. The molecule has 0 radical (unpaired) electrons. The van der Waals surface area contributed by atoms with Crippen LogP contribution in [0.2, 0.25) is 0 Å². The smallest absolute Gasteiger partial charge is 0.126 e. The number of aryl methyl sites for hydroxylation is 1. The lowest BCUT2D eigenvalue weighted by atomic mass is 9.85. The number of hydrogen-bond donors (Lipinski definition) is 1. The minimum Gasteiger partial charge on any atom is -0.310 e. The van der Waals surface area contributed by atoms with Crippen molar-refractivity contribution in [2.45, 2.75) is 47.1 Å². The zero-order chi connectivity index (χ0) is 13.1. The zero-order valence-corrected chi connectivity index (χ0v) is 11.6. The van der Waals surface area contributed by atoms with Gasteiger partial charge >= 0.3 is 0 Å². The van der Waals surface area contributed by atoms with Crippen molar-refractivity contribution < 1.29 is 4.39 Å². The molecular weight excluding hydrogens is 213 g/mol. The molecular formula is C15H24FN. The molecule has 0 saturated heterocycles. The van der Waals surface area contributed by atoms with E-state index in [1.165, 1.54) is 0 Å². The van der Waals surface area contributed by atoms with Gasteiger partial charge in [-0.1, -0.05) is 39.8 Å². The number of rotatable bonds is 4. The fraction of sp³-hybridized carbons (Fsp3) is 0.600. The first-order valence-corrected chi connectivity index (χ1v) is 6.33. The van der Waals surface area contributed by atoms with Crippen molar-refractivity contribution in [2.24, 2.45) is 5.41 Å². The predicted octanol–water partition coefficient (Wildman–Crippen LogP) is 4.22. The third kappa shape index (κ3) is 4.47. The van der Waals surface area contributed by atoms with Gasteiger partial charge in [0.15, 0.2) is 0 Å². The number of nitrogens with one attached hydrogen (secondary N) is 1. The van der Waals surface area contributed by atoms with E-state index < -0.39 is 0 Å². The van der Waals surface area contributed by atoms with Crippen molar-refractivity contribution in [2.75, 3.05) is 6.54 Å². The van der Waals surface area contributed by atoms with E-state index in [9.17, 15) is 4.39 Å². The standard InChI is InChI=1S/C15H24FN/c1-6-17-14(10-15(3,4)5)12-8-7-11(2)13(16)9-12/h7-9,14,17H,6,10H2,1-5H3. The lowest BCUT2D eigenvalue weighted by molar-refractivity contribution is 0.313. The lowest BCUT2D eigenvalue weighted by Gasteiger charge is -2.27. The van der Waals surface area contributed by atoms with Gasteiger partial charge in [-0.2, -0.15) is 0 Å². The van der Waals surface area contributed by atoms with Crippen LogP contribution in [0.5, 0.6) is 0 Å². The van der Waals surface area contributed by atoms with E-state index >= 15 is 0 Å². The molecule has 0 heterocycles. The molecule has 1 nitrogen and oxygen atoms in total. The summed E-state index contributed by atoms with van der Waals surface area (Å²) in [5, 5.41) is 3.44. The van der Waals surface area contributed by atoms with Crippen LogP contribution in [-0.2, 0) is 0 Å². The molecule has 96 valence electrons. The molecule has 0 aliphatic rings. The van der Waals surface area contributed by atoms with Crippen molar-refractivity contribution in [3.63, 3.8) is 0 Å². The van der Waals surface area contributed by atoms with Crippen molar-refractivity contribution in [1.82, 2.24) is 5.32 Å². The Morgan fingerprint density at radius 1 is 1.29 bits per heavy atom. The molecule has 17 heavy (non-hydrogen) atoms. The van der Waals surface area contributed by atoms with Gasteiger partial charge in [0.1, 0.15) is 5.82 Å². The Kier molecular flexibility index (Phi) is 4.70. The minimum absolute atomic E-state index is 0.112. The summed E-state index contributed by atoms with van der Waals surface area (Å²) < 4.78 is 13.6. The lowest BCUT2D eigenvalue weighted by Crippen LogP contribution is -2.25. The molecule has 0 aliphatic heterocycles. The summed E-state index contributed by atoms with van der Waals surface area (Å²) in [6.45, 7) is 11.4. The van der Waals surface area contributed by atoms with E-state index in [0.717, 1.165) is 18.5 Å².